The van der Waals surface area contributed by atoms with Crippen molar-refractivity contribution in [1.29, 1.82) is 0 Å². The summed E-state index contributed by atoms with van der Waals surface area (Å²) in [6, 6.07) is 9.28. The van der Waals surface area contributed by atoms with Gasteiger partial charge in [0, 0.05) is 16.7 Å². The molecule has 0 unspecified atom stereocenters. The molecule has 1 amide bonds. The second kappa shape index (κ2) is 7.21. The average Bonchev–Trinajstić information content (AvgIpc) is 2.55. The summed E-state index contributed by atoms with van der Waals surface area (Å²) in [5, 5.41) is 5.13. The van der Waals surface area contributed by atoms with Gasteiger partial charge in [-0.15, -0.1) is 0 Å². The normalized spacial score (nSPS) is 21.3. The molecule has 1 saturated carbocycles. The van der Waals surface area contributed by atoms with E-state index in [-0.39, 0.29) is 17.5 Å². The van der Waals surface area contributed by atoms with Gasteiger partial charge in [0.2, 0.25) is 0 Å². The van der Waals surface area contributed by atoms with E-state index in [1.54, 1.807) is 12.1 Å². The summed E-state index contributed by atoms with van der Waals surface area (Å²) in [5.41, 5.74) is 0.135. The van der Waals surface area contributed by atoms with Crippen molar-refractivity contribution >= 4 is 28.4 Å². The highest BCUT2D eigenvalue weighted by molar-refractivity contribution is 7.99. The van der Waals surface area contributed by atoms with Crippen LogP contribution in [0.1, 0.15) is 43.1 Å². The van der Waals surface area contributed by atoms with Gasteiger partial charge in [-0.2, -0.15) is 11.8 Å². The second-order valence-electron chi connectivity index (χ2n) is 6.01. The van der Waals surface area contributed by atoms with Gasteiger partial charge in [-0.1, -0.05) is 31.5 Å². The van der Waals surface area contributed by atoms with Crippen LogP contribution in [-0.4, -0.2) is 27.9 Å². The molecular formula is C18H22N2O2S. The van der Waals surface area contributed by atoms with Gasteiger partial charge >= 0.3 is 0 Å². The first-order chi connectivity index (χ1) is 11.2. The van der Waals surface area contributed by atoms with E-state index in [0.717, 1.165) is 30.4 Å². The van der Waals surface area contributed by atoms with Gasteiger partial charge in [-0.3, -0.25) is 9.59 Å². The number of thioether (sulfide) groups is 1. The molecule has 1 aliphatic carbocycles. The molecule has 0 spiro atoms. The van der Waals surface area contributed by atoms with Crippen molar-refractivity contribution in [3.8, 4) is 0 Å². The molecule has 0 aliphatic heterocycles. The van der Waals surface area contributed by atoms with Gasteiger partial charge in [0.1, 0.15) is 5.69 Å². The number of benzene rings is 1. The number of pyridine rings is 1. The minimum absolute atomic E-state index is 0.181. The number of nitrogens with one attached hydrogen (secondary N) is 2. The molecule has 122 valence electrons. The molecule has 1 aromatic heterocycles. The predicted molar refractivity (Wildman–Crippen MR) is 96.2 cm³/mol. The van der Waals surface area contributed by atoms with Gasteiger partial charge in [0.25, 0.3) is 11.5 Å². The first-order valence-corrected chi connectivity index (χ1v) is 9.26. The smallest absolute Gasteiger partial charge is 0.268 e. The molecule has 1 heterocycles. The number of carbonyl (C=O) groups is 1. The molecule has 23 heavy (non-hydrogen) atoms. The van der Waals surface area contributed by atoms with Crippen LogP contribution in [0.2, 0.25) is 0 Å². The molecule has 2 N–H and O–H groups in total. The molecule has 1 fully saturated rings. The lowest BCUT2D eigenvalue weighted by atomic mass is 9.95. The number of fused-ring (bicyclic) bond motifs is 1. The summed E-state index contributed by atoms with van der Waals surface area (Å²) in [4.78, 5) is 27.3. The summed E-state index contributed by atoms with van der Waals surface area (Å²) in [5.74, 6) is 0.934. The van der Waals surface area contributed by atoms with Crippen molar-refractivity contribution in [2.24, 2.45) is 0 Å². The number of carbonyl (C=O) groups excluding carboxylic acids is 1. The van der Waals surface area contributed by atoms with Crippen molar-refractivity contribution in [3.05, 3.63) is 46.4 Å². The van der Waals surface area contributed by atoms with Crippen molar-refractivity contribution in [2.75, 3.05) is 5.75 Å². The van der Waals surface area contributed by atoms with Gasteiger partial charge in [0.05, 0.1) is 0 Å². The fraction of sp³-hybridized carbons (Fsp3) is 0.444. The Balaban J connectivity index is 1.74. The maximum absolute atomic E-state index is 12.5. The van der Waals surface area contributed by atoms with Crippen LogP contribution < -0.4 is 10.9 Å². The molecule has 0 radical (unpaired) electrons. The Kier molecular flexibility index (Phi) is 5.06. The molecule has 1 aliphatic rings. The zero-order chi connectivity index (χ0) is 16.2. The SMILES string of the molecule is CCS[C@H]1CCC[C@H](NC(=O)c2cc3ccccc3c(=O)[nH]2)C1. The van der Waals surface area contributed by atoms with E-state index < -0.39 is 0 Å². The quantitative estimate of drug-likeness (QED) is 0.904. The van der Waals surface area contributed by atoms with Crippen LogP contribution in [0.15, 0.2) is 35.1 Å². The van der Waals surface area contributed by atoms with E-state index >= 15 is 0 Å². The molecule has 5 heteroatoms. The second-order valence-corrected chi connectivity index (χ2v) is 7.59. The minimum atomic E-state index is -0.212. The lowest BCUT2D eigenvalue weighted by molar-refractivity contribution is 0.0923. The first kappa shape index (κ1) is 16.1. The van der Waals surface area contributed by atoms with Crippen molar-refractivity contribution in [2.45, 2.75) is 43.9 Å². The third-order valence-electron chi connectivity index (χ3n) is 4.36. The number of hydrogen-bond acceptors (Lipinski definition) is 3. The number of H-pyrrole nitrogens is 1. The summed E-state index contributed by atoms with van der Waals surface area (Å²) >= 11 is 1.97. The van der Waals surface area contributed by atoms with Gasteiger partial charge in [0.15, 0.2) is 0 Å². The van der Waals surface area contributed by atoms with Gasteiger partial charge < -0.3 is 10.3 Å². The number of amides is 1. The molecule has 0 bridgehead atoms. The highest BCUT2D eigenvalue weighted by Crippen LogP contribution is 2.28. The number of rotatable bonds is 4. The van der Waals surface area contributed by atoms with Crippen LogP contribution >= 0.6 is 11.8 Å². The van der Waals surface area contributed by atoms with E-state index in [0.29, 0.717) is 16.3 Å². The summed E-state index contributed by atoms with van der Waals surface area (Å²) in [6.45, 7) is 2.17. The average molecular weight is 330 g/mol. The molecule has 2 aromatic rings. The summed E-state index contributed by atoms with van der Waals surface area (Å²) in [6.07, 6.45) is 4.42. The number of aromatic nitrogens is 1. The van der Waals surface area contributed by atoms with E-state index in [9.17, 15) is 9.59 Å². The molecular weight excluding hydrogens is 308 g/mol. The summed E-state index contributed by atoms with van der Waals surface area (Å²) in [7, 11) is 0. The summed E-state index contributed by atoms with van der Waals surface area (Å²) < 4.78 is 0. The lowest BCUT2D eigenvalue weighted by Gasteiger charge is -2.29. The van der Waals surface area contributed by atoms with Crippen LogP contribution in [-0.2, 0) is 0 Å². The Hall–Kier alpha value is -1.75. The van der Waals surface area contributed by atoms with Crippen LogP contribution in [0, 0.1) is 0 Å². The van der Waals surface area contributed by atoms with Crippen LogP contribution in [0.5, 0.6) is 0 Å². The zero-order valence-corrected chi connectivity index (χ0v) is 14.1. The monoisotopic (exact) mass is 330 g/mol. The predicted octanol–water partition coefficient (Wildman–Crippen LogP) is 3.32. The Morgan fingerprint density at radius 1 is 1.35 bits per heavy atom. The van der Waals surface area contributed by atoms with E-state index in [1.807, 2.05) is 30.0 Å². The van der Waals surface area contributed by atoms with Crippen molar-refractivity contribution in [3.63, 3.8) is 0 Å². The highest BCUT2D eigenvalue weighted by atomic mass is 32.2. The van der Waals surface area contributed by atoms with Crippen LogP contribution in [0.3, 0.4) is 0 Å². The fourth-order valence-electron chi connectivity index (χ4n) is 3.26. The lowest BCUT2D eigenvalue weighted by Crippen LogP contribution is -2.40. The van der Waals surface area contributed by atoms with Crippen molar-refractivity contribution < 1.29 is 4.79 Å². The standard InChI is InChI=1S/C18H22N2O2S/c1-2-23-14-8-5-7-13(11-14)19-18(22)16-10-12-6-3-4-9-15(12)17(21)20-16/h3-4,6,9-10,13-14H,2,5,7-8,11H2,1H3,(H,19,22)(H,20,21)/t13-,14-/m0/s1. The Morgan fingerprint density at radius 3 is 3.00 bits per heavy atom. The first-order valence-electron chi connectivity index (χ1n) is 8.22. The maximum Gasteiger partial charge on any atom is 0.268 e. The molecule has 3 rings (SSSR count). The van der Waals surface area contributed by atoms with Crippen LogP contribution in [0.25, 0.3) is 10.8 Å². The topological polar surface area (TPSA) is 62.0 Å². The Labute approximate surface area is 140 Å². The molecule has 0 saturated heterocycles. The Morgan fingerprint density at radius 2 is 2.17 bits per heavy atom. The van der Waals surface area contributed by atoms with Crippen molar-refractivity contribution in [1.82, 2.24) is 10.3 Å². The molecule has 4 nitrogen and oxygen atoms in total. The van der Waals surface area contributed by atoms with E-state index in [4.69, 9.17) is 0 Å². The number of hydrogen-bond donors (Lipinski definition) is 2. The maximum atomic E-state index is 12.5. The van der Waals surface area contributed by atoms with Gasteiger partial charge in [-0.25, -0.2) is 0 Å². The molecule has 2 atom stereocenters. The fourth-order valence-corrected chi connectivity index (χ4v) is 4.43. The highest BCUT2D eigenvalue weighted by Gasteiger charge is 2.23. The minimum Gasteiger partial charge on any atom is -0.348 e. The van der Waals surface area contributed by atoms with E-state index in [1.165, 1.54) is 6.42 Å². The van der Waals surface area contributed by atoms with Gasteiger partial charge in [-0.05, 0) is 42.5 Å². The number of aromatic amines is 1. The largest absolute Gasteiger partial charge is 0.348 e. The Bertz CT molecular complexity index is 754. The zero-order valence-electron chi connectivity index (χ0n) is 13.3. The van der Waals surface area contributed by atoms with Crippen LogP contribution in [0.4, 0.5) is 0 Å². The third-order valence-corrected chi connectivity index (χ3v) is 5.59. The third kappa shape index (κ3) is 3.78. The molecule has 1 aromatic carbocycles. The van der Waals surface area contributed by atoms with E-state index in [2.05, 4.69) is 17.2 Å².